The van der Waals surface area contributed by atoms with Crippen molar-refractivity contribution in [1.82, 2.24) is 0 Å². The number of phenolic OH excluding ortho intramolecular Hbond substituents is 1. The Balaban J connectivity index is 0.000000774. The van der Waals surface area contributed by atoms with E-state index in [0.29, 0.717) is 11.2 Å². The highest BCUT2D eigenvalue weighted by Crippen LogP contribution is 2.38. The van der Waals surface area contributed by atoms with Crippen molar-refractivity contribution in [2.45, 2.75) is 109 Å². The maximum Gasteiger partial charge on any atom is 0.534 e. The Morgan fingerprint density at radius 3 is 1.00 bits per heavy atom. The van der Waals surface area contributed by atoms with Crippen molar-refractivity contribution in [1.29, 1.82) is 0 Å². The minimum Gasteiger partial charge on any atom is -0.508 e. The molecule has 52 heavy (non-hydrogen) atoms. The molecule has 0 spiro atoms. The number of alkyl halides is 9. The summed E-state index contributed by atoms with van der Waals surface area (Å²) >= 11 is 0. The molecule has 0 bridgehead atoms. The molecule has 0 fully saturated rings. The molecule has 302 valence electrons. The quantitative estimate of drug-likeness (QED) is 0.157. The van der Waals surface area contributed by atoms with Gasteiger partial charge >= 0.3 is 46.9 Å². The van der Waals surface area contributed by atoms with Crippen LogP contribution in [-0.2, 0) is 44.8 Å². The van der Waals surface area contributed by atoms with Crippen LogP contribution >= 0.6 is 0 Å². The third kappa shape index (κ3) is 16.1. The molecule has 2 aromatic carbocycles. The summed E-state index contributed by atoms with van der Waals surface area (Å²) in [6.07, 6.45) is 1.99. The molecule has 0 atom stereocenters. The van der Waals surface area contributed by atoms with Crippen molar-refractivity contribution in [2.75, 3.05) is 0 Å². The van der Waals surface area contributed by atoms with Crippen LogP contribution in [0.4, 0.5) is 39.5 Å². The second-order valence-electron chi connectivity index (χ2n) is 15.2. The first-order chi connectivity index (χ1) is 22.6. The number of phenols is 1. The van der Waals surface area contributed by atoms with Crippen LogP contribution in [0.5, 0.6) is 11.5 Å². The van der Waals surface area contributed by atoms with Gasteiger partial charge in [-0.25, -0.2) is 0 Å². The molecule has 0 radical (unpaired) electrons. The van der Waals surface area contributed by atoms with E-state index in [-0.39, 0.29) is 22.0 Å². The van der Waals surface area contributed by atoms with E-state index in [0.717, 1.165) is 18.4 Å². The topological polar surface area (TPSA) is 141 Å². The van der Waals surface area contributed by atoms with Crippen molar-refractivity contribution in [2.24, 2.45) is 10.8 Å². The molecule has 21 heteroatoms. The molecule has 0 saturated heterocycles. The van der Waals surface area contributed by atoms with Gasteiger partial charge in [-0.05, 0) is 69.9 Å². The predicted octanol–water partition coefficient (Wildman–Crippen LogP) is 9.44. The van der Waals surface area contributed by atoms with Gasteiger partial charge < -0.3 is 9.29 Å². The average molecular weight is 827 g/mol. The van der Waals surface area contributed by atoms with Gasteiger partial charge in [-0.2, -0.15) is 64.8 Å². The maximum absolute atomic E-state index is 12.3. The molecule has 0 aliphatic carbocycles. The Bertz CT molecular complexity index is 1740. The van der Waals surface area contributed by atoms with Crippen molar-refractivity contribution >= 4 is 30.4 Å². The van der Waals surface area contributed by atoms with Gasteiger partial charge in [0.1, 0.15) is 11.5 Å². The Kier molecular flexibility index (Phi) is 15.4. The first kappa shape index (κ1) is 49.2. The van der Waals surface area contributed by atoms with Gasteiger partial charge in [0.2, 0.25) is 0 Å². The molecule has 0 aliphatic heterocycles. The molecule has 0 unspecified atom stereocenters. The fourth-order valence-corrected chi connectivity index (χ4v) is 7.12. The first-order valence-corrected chi connectivity index (χ1v) is 19.0. The lowest BCUT2D eigenvalue weighted by atomic mass is 9.72. The minimum atomic E-state index is -6.85. The Hall–Kier alpha value is -2.78. The van der Waals surface area contributed by atoms with Gasteiger partial charge in [-0.15, -0.1) is 3.63 Å². The molecular weight excluding hydrogens is 784 g/mol. The largest absolute Gasteiger partial charge is 0.534 e. The van der Waals surface area contributed by atoms with Crippen LogP contribution < -0.4 is 4.18 Å². The number of hydrogen-bond acceptors (Lipinski definition) is 9. The summed E-state index contributed by atoms with van der Waals surface area (Å²) in [5.74, 6) is -0.0158. The van der Waals surface area contributed by atoms with Crippen LogP contribution in [0.2, 0.25) is 0 Å². The van der Waals surface area contributed by atoms with Crippen LogP contribution in [0.15, 0.2) is 48.5 Å². The van der Waals surface area contributed by atoms with Crippen LogP contribution in [0.3, 0.4) is 0 Å². The molecule has 1 N–H and O–H groups in total. The standard InChI is InChI=1S/C15H21F3O3S.C14H22O.C2F6O5S2/c1-13(2,3)10-14(4,5)11-6-8-12(9-7-11)21-22(19,20)15(16,17)18;1-13(2,3)10-14(4,5)11-6-8-12(15)9-7-11;3-1(4,5)14(9,10)13-15(11,12)2(6,7)8/h6-9H,10H2,1-5H3;6-9,15H,10H2,1-5H3;. The van der Waals surface area contributed by atoms with Crippen molar-refractivity contribution in [3.05, 3.63) is 59.7 Å². The summed E-state index contributed by atoms with van der Waals surface area (Å²) in [6, 6.07) is 13.2. The van der Waals surface area contributed by atoms with E-state index in [1.807, 2.05) is 29.6 Å². The van der Waals surface area contributed by atoms with E-state index in [1.54, 1.807) is 24.3 Å². The smallest absolute Gasteiger partial charge is 0.508 e. The van der Waals surface area contributed by atoms with Gasteiger partial charge in [0.25, 0.3) is 0 Å². The summed E-state index contributed by atoms with van der Waals surface area (Å²) in [6.45, 7) is 21.6. The third-order valence-electron chi connectivity index (χ3n) is 6.46. The first-order valence-electron chi connectivity index (χ1n) is 14.8. The van der Waals surface area contributed by atoms with Gasteiger partial charge in [-0.3, -0.25) is 0 Å². The maximum atomic E-state index is 12.3. The third-order valence-corrected chi connectivity index (χ3v) is 10.0. The molecule has 9 nitrogen and oxygen atoms in total. The molecule has 2 rings (SSSR count). The fourth-order valence-electron chi connectivity index (χ4n) is 5.10. The van der Waals surface area contributed by atoms with E-state index >= 15 is 0 Å². The number of benzene rings is 2. The van der Waals surface area contributed by atoms with Crippen LogP contribution in [0.1, 0.15) is 93.2 Å². The zero-order valence-corrected chi connectivity index (χ0v) is 32.3. The lowest BCUT2D eigenvalue weighted by molar-refractivity contribution is -0.0586. The zero-order valence-electron chi connectivity index (χ0n) is 29.9. The molecule has 0 heterocycles. The SMILES string of the molecule is CC(C)(C)CC(C)(C)c1ccc(O)cc1.CC(C)(C)CC(C)(C)c1ccc(OS(=O)(=O)C(F)(F)F)cc1.O=S(=O)(OS(=O)(=O)C(F)(F)F)C(F)(F)F. The van der Waals surface area contributed by atoms with Crippen molar-refractivity contribution < 1.29 is 77.7 Å². The van der Waals surface area contributed by atoms with Crippen molar-refractivity contribution in [3.63, 3.8) is 0 Å². The molecule has 0 aromatic heterocycles. The highest BCUT2D eigenvalue weighted by molar-refractivity contribution is 8.00. The number of aromatic hydroxyl groups is 1. The van der Waals surface area contributed by atoms with Gasteiger partial charge in [0.15, 0.2) is 0 Å². The van der Waals surface area contributed by atoms with Gasteiger partial charge in [-0.1, -0.05) is 93.5 Å². The average Bonchev–Trinajstić information content (AvgIpc) is 2.84. The fraction of sp³-hybridized carbons (Fsp3) is 0.613. The number of halogens is 9. The lowest BCUT2D eigenvalue weighted by Crippen LogP contribution is -2.34. The Morgan fingerprint density at radius 1 is 0.481 bits per heavy atom. The highest BCUT2D eigenvalue weighted by Gasteiger charge is 2.57. The van der Waals surface area contributed by atoms with E-state index in [2.05, 4.69) is 59.6 Å². The van der Waals surface area contributed by atoms with Crippen molar-refractivity contribution in [3.8, 4) is 11.5 Å². The van der Waals surface area contributed by atoms with Gasteiger partial charge in [0.05, 0.1) is 0 Å². The number of hydrogen-bond donors (Lipinski definition) is 1. The Morgan fingerprint density at radius 2 is 0.750 bits per heavy atom. The van der Waals surface area contributed by atoms with Gasteiger partial charge in [0, 0.05) is 0 Å². The Labute approximate surface area is 298 Å². The molecular formula is C31H43F9O9S3. The summed E-state index contributed by atoms with van der Waals surface area (Å²) in [5.41, 5.74) is -15.4. The number of rotatable bonds is 8. The summed E-state index contributed by atoms with van der Waals surface area (Å²) in [4.78, 5) is 0. The van der Waals surface area contributed by atoms with E-state index in [1.165, 1.54) is 17.7 Å². The van der Waals surface area contributed by atoms with Crippen LogP contribution in [0.25, 0.3) is 0 Å². The summed E-state index contributed by atoms with van der Waals surface area (Å²) in [5, 5.41) is 9.25. The van der Waals surface area contributed by atoms with E-state index in [9.17, 15) is 69.9 Å². The molecule has 0 aliphatic rings. The second-order valence-corrected chi connectivity index (χ2v) is 20.0. The van der Waals surface area contributed by atoms with Crippen LogP contribution in [0, 0.1) is 10.8 Å². The van der Waals surface area contributed by atoms with E-state index < -0.39 is 46.9 Å². The summed E-state index contributed by atoms with van der Waals surface area (Å²) < 4.78 is 173. The highest BCUT2D eigenvalue weighted by atomic mass is 32.3. The lowest BCUT2D eigenvalue weighted by Gasteiger charge is -2.33. The summed E-state index contributed by atoms with van der Waals surface area (Å²) in [7, 11) is -19.3. The molecule has 2 aromatic rings. The molecule has 0 amide bonds. The van der Waals surface area contributed by atoms with E-state index in [4.69, 9.17) is 0 Å². The molecule has 0 saturated carbocycles. The second kappa shape index (κ2) is 16.3. The zero-order chi connectivity index (χ0) is 41.8. The minimum absolute atomic E-state index is 0.0816. The predicted molar refractivity (Wildman–Crippen MR) is 175 cm³/mol. The monoisotopic (exact) mass is 826 g/mol. The van der Waals surface area contributed by atoms with Crippen LogP contribution in [-0.4, -0.2) is 46.9 Å². The normalized spacial score (nSPS) is 14.1.